The number of rotatable bonds is 2. The Morgan fingerprint density at radius 2 is 2.00 bits per heavy atom. The molecule has 0 radical (unpaired) electrons. The molecule has 1 aliphatic rings. The first-order valence-electron chi connectivity index (χ1n) is 5.62. The van der Waals surface area contributed by atoms with Crippen molar-refractivity contribution in [2.45, 2.75) is 39.4 Å². The van der Waals surface area contributed by atoms with Gasteiger partial charge in [0.15, 0.2) is 0 Å². The molecule has 1 aliphatic heterocycles. The summed E-state index contributed by atoms with van der Waals surface area (Å²) >= 11 is 0. The van der Waals surface area contributed by atoms with E-state index in [-0.39, 0.29) is 12.4 Å². The lowest BCUT2D eigenvalue weighted by Gasteiger charge is -2.36. The summed E-state index contributed by atoms with van der Waals surface area (Å²) in [7, 11) is 0. The van der Waals surface area contributed by atoms with Gasteiger partial charge in [-0.2, -0.15) is 5.10 Å². The molecular weight excluding hydrogens is 224 g/mol. The summed E-state index contributed by atoms with van der Waals surface area (Å²) in [6.07, 6.45) is 1.94. The second-order valence-corrected chi connectivity index (χ2v) is 4.68. The number of hydrogen-bond donors (Lipinski definition) is 2. The van der Waals surface area contributed by atoms with Crippen LogP contribution < -0.4 is 5.32 Å². The molecule has 16 heavy (non-hydrogen) atoms. The van der Waals surface area contributed by atoms with Crippen LogP contribution in [0.1, 0.15) is 25.1 Å². The van der Waals surface area contributed by atoms with E-state index in [1.54, 1.807) is 0 Å². The normalized spacial score (nSPS) is 26.4. The van der Waals surface area contributed by atoms with E-state index in [0.717, 1.165) is 19.6 Å². The van der Waals surface area contributed by atoms with E-state index in [1.807, 2.05) is 6.20 Å². The van der Waals surface area contributed by atoms with Crippen LogP contribution in [0.25, 0.3) is 0 Å². The van der Waals surface area contributed by atoms with Crippen molar-refractivity contribution in [2.24, 2.45) is 0 Å². The molecule has 92 valence electrons. The molecule has 2 unspecified atom stereocenters. The van der Waals surface area contributed by atoms with Crippen molar-refractivity contribution >= 4 is 12.4 Å². The summed E-state index contributed by atoms with van der Waals surface area (Å²) < 4.78 is 0. The second kappa shape index (κ2) is 5.66. The molecule has 2 atom stereocenters. The number of nitrogens with one attached hydrogen (secondary N) is 2. The quantitative estimate of drug-likeness (QED) is 0.825. The Morgan fingerprint density at radius 1 is 1.38 bits per heavy atom. The number of hydrogen-bond acceptors (Lipinski definition) is 3. The molecule has 2 N–H and O–H groups in total. The smallest absolute Gasteiger partial charge is 0.0535 e. The summed E-state index contributed by atoms with van der Waals surface area (Å²) in [4.78, 5) is 2.49. The van der Waals surface area contributed by atoms with Gasteiger partial charge in [-0.15, -0.1) is 12.4 Å². The Kier molecular flexibility index (Phi) is 4.77. The Balaban J connectivity index is 0.00000128. The average molecular weight is 245 g/mol. The molecule has 0 spiro atoms. The van der Waals surface area contributed by atoms with Crippen LogP contribution in [0.5, 0.6) is 0 Å². The van der Waals surface area contributed by atoms with Crippen LogP contribution in [0, 0.1) is 6.92 Å². The van der Waals surface area contributed by atoms with Gasteiger partial charge in [-0.25, -0.2) is 0 Å². The average Bonchev–Trinajstić information content (AvgIpc) is 2.50. The Morgan fingerprint density at radius 3 is 2.50 bits per heavy atom. The maximum Gasteiger partial charge on any atom is 0.0535 e. The number of H-pyrrole nitrogens is 1. The number of nitrogens with zero attached hydrogens (tertiary/aromatic N) is 2. The molecule has 0 amide bonds. The van der Waals surface area contributed by atoms with Crippen molar-refractivity contribution in [3.05, 3.63) is 17.5 Å². The van der Waals surface area contributed by atoms with Crippen LogP contribution in [0.2, 0.25) is 0 Å². The van der Waals surface area contributed by atoms with E-state index in [0.29, 0.717) is 12.1 Å². The van der Waals surface area contributed by atoms with Crippen LogP contribution in [0.4, 0.5) is 0 Å². The Labute approximate surface area is 103 Å². The Bertz CT molecular complexity index is 316. The van der Waals surface area contributed by atoms with Gasteiger partial charge in [0.2, 0.25) is 0 Å². The zero-order valence-corrected chi connectivity index (χ0v) is 11.0. The summed E-state index contributed by atoms with van der Waals surface area (Å²) in [5, 5.41) is 10.6. The fraction of sp³-hybridized carbons (Fsp3) is 0.727. The molecule has 0 aliphatic carbocycles. The van der Waals surface area contributed by atoms with Gasteiger partial charge in [-0.05, 0) is 20.8 Å². The van der Waals surface area contributed by atoms with Gasteiger partial charge in [0.05, 0.1) is 6.20 Å². The highest BCUT2D eigenvalue weighted by Gasteiger charge is 2.21. The third-order valence-corrected chi connectivity index (χ3v) is 2.96. The van der Waals surface area contributed by atoms with E-state index in [1.165, 1.54) is 11.3 Å². The van der Waals surface area contributed by atoms with E-state index in [4.69, 9.17) is 0 Å². The molecule has 0 bridgehead atoms. The van der Waals surface area contributed by atoms with Crippen LogP contribution in [-0.2, 0) is 6.54 Å². The maximum absolute atomic E-state index is 4.06. The van der Waals surface area contributed by atoms with Gasteiger partial charge in [-0.3, -0.25) is 10.00 Å². The first-order valence-corrected chi connectivity index (χ1v) is 5.62. The lowest BCUT2D eigenvalue weighted by atomic mass is 10.1. The highest BCUT2D eigenvalue weighted by Crippen LogP contribution is 2.11. The minimum Gasteiger partial charge on any atom is -0.309 e. The predicted octanol–water partition coefficient (Wildman–Crippen LogP) is 1.32. The van der Waals surface area contributed by atoms with Crippen molar-refractivity contribution in [2.75, 3.05) is 13.1 Å². The van der Waals surface area contributed by atoms with Crippen molar-refractivity contribution < 1.29 is 0 Å². The monoisotopic (exact) mass is 244 g/mol. The van der Waals surface area contributed by atoms with Gasteiger partial charge in [0.25, 0.3) is 0 Å². The summed E-state index contributed by atoms with van der Waals surface area (Å²) in [5.74, 6) is 0. The van der Waals surface area contributed by atoms with Crippen molar-refractivity contribution in [3.63, 3.8) is 0 Å². The molecular formula is C11H21ClN4. The summed E-state index contributed by atoms with van der Waals surface area (Å²) in [5.41, 5.74) is 2.50. The number of aryl methyl sites for hydroxylation is 1. The molecule has 1 aromatic rings. The van der Waals surface area contributed by atoms with E-state index in [9.17, 15) is 0 Å². The fourth-order valence-electron chi connectivity index (χ4n) is 2.35. The van der Waals surface area contributed by atoms with E-state index < -0.39 is 0 Å². The van der Waals surface area contributed by atoms with Crippen LogP contribution in [-0.4, -0.2) is 40.3 Å². The van der Waals surface area contributed by atoms with Crippen molar-refractivity contribution in [1.82, 2.24) is 20.4 Å². The molecule has 0 saturated carbocycles. The highest BCUT2D eigenvalue weighted by atomic mass is 35.5. The third-order valence-electron chi connectivity index (χ3n) is 2.96. The van der Waals surface area contributed by atoms with Gasteiger partial charge in [0.1, 0.15) is 0 Å². The zero-order chi connectivity index (χ0) is 10.8. The SMILES string of the molecule is Cc1[nH]ncc1CN1CC(C)NC(C)C1.Cl. The summed E-state index contributed by atoms with van der Waals surface area (Å²) in [6.45, 7) is 9.82. The molecule has 2 heterocycles. The first-order chi connectivity index (χ1) is 7.15. The van der Waals surface area contributed by atoms with Gasteiger partial charge in [0, 0.05) is 43.0 Å². The molecule has 4 nitrogen and oxygen atoms in total. The maximum atomic E-state index is 4.06. The lowest BCUT2D eigenvalue weighted by Crippen LogP contribution is -2.53. The minimum absolute atomic E-state index is 0. The van der Waals surface area contributed by atoms with Crippen molar-refractivity contribution in [1.29, 1.82) is 0 Å². The first kappa shape index (κ1) is 13.5. The van der Waals surface area contributed by atoms with Gasteiger partial charge < -0.3 is 5.32 Å². The van der Waals surface area contributed by atoms with Crippen LogP contribution in [0.3, 0.4) is 0 Å². The standard InChI is InChI=1S/C11H20N4.ClH/c1-8-5-15(6-9(2)13-8)7-11-4-12-14-10(11)3;/h4,8-9,13H,5-7H2,1-3H3,(H,12,14);1H. The molecule has 0 aromatic carbocycles. The number of aromatic nitrogens is 2. The predicted molar refractivity (Wildman–Crippen MR) is 67.9 cm³/mol. The topological polar surface area (TPSA) is 44.0 Å². The molecule has 1 saturated heterocycles. The molecule has 5 heteroatoms. The Hall–Kier alpha value is -0.580. The number of piperazine rings is 1. The van der Waals surface area contributed by atoms with E-state index >= 15 is 0 Å². The zero-order valence-electron chi connectivity index (χ0n) is 10.2. The fourth-order valence-corrected chi connectivity index (χ4v) is 2.35. The minimum atomic E-state index is 0. The highest BCUT2D eigenvalue weighted by molar-refractivity contribution is 5.85. The van der Waals surface area contributed by atoms with Gasteiger partial charge >= 0.3 is 0 Å². The molecule has 1 fully saturated rings. The molecule has 2 rings (SSSR count). The van der Waals surface area contributed by atoms with Gasteiger partial charge in [-0.1, -0.05) is 0 Å². The lowest BCUT2D eigenvalue weighted by molar-refractivity contribution is 0.166. The number of halogens is 1. The largest absolute Gasteiger partial charge is 0.309 e. The van der Waals surface area contributed by atoms with Crippen LogP contribution in [0.15, 0.2) is 6.20 Å². The summed E-state index contributed by atoms with van der Waals surface area (Å²) in [6, 6.07) is 1.17. The van der Waals surface area contributed by atoms with Crippen LogP contribution >= 0.6 is 12.4 Å². The molecule has 1 aromatic heterocycles. The third kappa shape index (κ3) is 3.20. The van der Waals surface area contributed by atoms with E-state index in [2.05, 4.69) is 41.2 Å². The second-order valence-electron chi connectivity index (χ2n) is 4.68. The number of aromatic amines is 1. The van der Waals surface area contributed by atoms with Crippen molar-refractivity contribution in [3.8, 4) is 0 Å².